The number of hydrogen-bond acceptors (Lipinski definition) is 4. The SMILES string of the molecule is CCn1ncnc1CN(C)c1ccc(N)cc1. The first-order valence-corrected chi connectivity index (χ1v) is 5.64. The van der Waals surface area contributed by atoms with Crippen molar-refractivity contribution in [1.82, 2.24) is 14.8 Å². The van der Waals surface area contributed by atoms with Gasteiger partial charge in [-0.25, -0.2) is 9.67 Å². The van der Waals surface area contributed by atoms with Crippen molar-refractivity contribution in [2.75, 3.05) is 17.7 Å². The molecule has 2 N–H and O–H groups in total. The molecule has 90 valence electrons. The number of aromatic nitrogens is 3. The van der Waals surface area contributed by atoms with E-state index < -0.39 is 0 Å². The summed E-state index contributed by atoms with van der Waals surface area (Å²) in [7, 11) is 2.03. The fourth-order valence-corrected chi connectivity index (χ4v) is 1.71. The van der Waals surface area contributed by atoms with Crippen molar-refractivity contribution >= 4 is 11.4 Å². The van der Waals surface area contributed by atoms with E-state index in [1.165, 1.54) is 0 Å². The molecule has 0 bridgehead atoms. The van der Waals surface area contributed by atoms with Crippen molar-refractivity contribution in [1.29, 1.82) is 0 Å². The average molecular weight is 231 g/mol. The van der Waals surface area contributed by atoms with E-state index in [0.717, 1.165) is 30.3 Å². The molecular weight excluding hydrogens is 214 g/mol. The molecule has 0 aliphatic rings. The normalized spacial score (nSPS) is 10.5. The van der Waals surface area contributed by atoms with E-state index in [0.29, 0.717) is 0 Å². The van der Waals surface area contributed by atoms with Gasteiger partial charge in [0.2, 0.25) is 0 Å². The molecule has 2 rings (SSSR count). The summed E-state index contributed by atoms with van der Waals surface area (Å²) in [6.07, 6.45) is 1.59. The Bertz CT molecular complexity index is 474. The highest BCUT2D eigenvalue weighted by Crippen LogP contribution is 2.16. The van der Waals surface area contributed by atoms with E-state index in [2.05, 4.69) is 21.9 Å². The Balaban J connectivity index is 2.11. The number of nitrogen functional groups attached to an aromatic ring is 1. The lowest BCUT2D eigenvalue weighted by Crippen LogP contribution is -2.19. The minimum Gasteiger partial charge on any atom is -0.399 e. The maximum atomic E-state index is 5.66. The Kier molecular flexibility index (Phi) is 3.27. The molecule has 0 fully saturated rings. The Morgan fingerprint density at radius 2 is 2.00 bits per heavy atom. The lowest BCUT2D eigenvalue weighted by Gasteiger charge is -2.18. The second-order valence-corrected chi connectivity index (χ2v) is 3.94. The standard InChI is InChI=1S/C12H17N5/c1-3-17-12(14-9-15-17)8-16(2)11-6-4-10(13)5-7-11/h4-7,9H,3,8,13H2,1-2H3. The summed E-state index contributed by atoms with van der Waals surface area (Å²) in [5.41, 5.74) is 7.56. The van der Waals surface area contributed by atoms with Crippen molar-refractivity contribution in [3.8, 4) is 0 Å². The minimum absolute atomic E-state index is 0.734. The topological polar surface area (TPSA) is 60.0 Å². The lowest BCUT2D eigenvalue weighted by molar-refractivity contribution is 0.610. The molecule has 17 heavy (non-hydrogen) atoms. The van der Waals surface area contributed by atoms with Crippen molar-refractivity contribution in [3.63, 3.8) is 0 Å². The Labute approximate surface area is 101 Å². The molecular formula is C12H17N5. The summed E-state index contributed by atoms with van der Waals surface area (Å²) >= 11 is 0. The van der Waals surface area contributed by atoms with Gasteiger partial charge < -0.3 is 10.6 Å². The Hall–Kier alpha value is -2.04. The van der Waals surface area contributed by atoms with Gasteiger partial charge in [0.15, 0.2) is 0 Å². The molecule has 0 aliphatic carbocycles. The van der Waals surface area contributed by atoms with Gasteiger partial charge >= 0.3 is 0 Å². The smallest absolute Gasteiger partial charge is 0.146 e. The van der Waals surface area contributed by atoms with Crippen LogP contribution in [0.15, 0.2) is 30.6 Å². The van der Waals surface area contributed by atoms with Gasteiger partial charge in [-0.3, -0.25) is 0 Å². The van der Waals surface area contributed by atoms with Crippen LogP contribution < -0.4 is 10.6 Å². The van der Waals surface area contributed by atoms with Crippen molar-refractivity contribution in [2.45, 2.75) is 20.0 Å². The third-order valence-corrected chi connectivity index (χ3v) is 2.71. The predicted molar refractivity (Wildman–Crippen MR) is 68.7 cm³/mol. The zero-order valence-corrected chi connectivity index (χ0v) is 10.2. The number of nitrogens with zero attached hydrogens (tertiary/aromatic N) is 4. The molecule has 0 radical (unpaired) electrons. The van der Waals surface area contributed by atoms with Crippen LogP contribution in [0.4, 0.5) is 11.4 Å². The van der Waals surface area contributed by atoms with Gasteiger partial charge in [-0.05, 0) is 31.2 Å². The first-order valence-electron chi connectivity index (χ1n) is 5.64. The molecule has 0 amide bonds. The van der Waals surface area contributed by atoms with E-state index in [9.17, 15) is 0 Å². The molecule has 0 saturated heterocycles. The van der Waals surface area contributed by atoms with Crippen molar-refractivity contribution in [2.24, 2.45) is 0 Å². The monoisotopic (exact) mass is 231 g/mol. The van der Waals surface area contributed by atoms with Gasteiger partial charge in [-0.2, -0.15) is 5.10 Å². The van der Waals surface area contributed by atoms with Crippen LogP contribution in [0.3, 0.4) is 0 Å². The van der Waals surface area contributed by atoms with Crippen LogP contribution >= 0.6 is 0 Å². The summed E-state index contributed by atoms with van der Waals surface area (Å²) in [5.74, 6) is 0.965. The second kappa shape index (κ2) is 4.86. The third-order valence-electron chi connectivity index (χ3n) is 2.71. The van der Waals surface area contributed by atoms with Crippen LogP contribution in [0.2, 0.25) is 0 Å². The highest BCUT2D eigenvalue weighted by Gasteiger charge is 2.07. The van der Waals surface area contributed by atoms with E-state index in [1.54, 1.807) is 6.33 Å². The fraction of sp³-hybridized carbons (Fsp3) is 0.333. The summed E-state index contributed by atoms with van der Waals surface area (Å²) in [6.45, 7) is 3.63. The van der Waals surface area contributed by atoms with Gasteiger partial charge in [0.25, 0.3) is 0 Å². The molecule has 1 aromatic heterocycles. The number of hydrogen-bond donors (Lipinski definition) is 1. The van der Waals surface area contributed by atoms with E-state index in [4.69, 9.17) is 5.73 Å². The Morgan fingerprint density at radius 3 is 2.65 bits per heavy atom. The van der Waals surface area contributed by atoms with Gasteiger partial charge in [-0.15, -0.1) is 0 Å². The first kappa shape index (κ1) is 11.4. The van der Waals surface area contributed by atoms with Crippen LogP contribution in [-0.4, -0.2) is 21.8 Å². The number of benzene rings is 1. The largest absolute Gasteiger partial charge is 0.399 e. The van der Waals surface area contributed by atoms with Crippen LogP contribution in [0, 0.1) is 0 Å². The number of anilines is 2. The molecule has 1 heterocycles. The maximum Gasteiger partial charge on any atom is 0.146 e. The second-order valence-electron chi connectivity index (χ2n) is 3.94. The van der Waals surface area contributed by atoms with E-state index in [1.807, 2.05) is 36.0 Å². The van der Waals surface area contributed by atoms with Crippen molar-refractivity contribution < 1.29 is 0 Å². The van der Waals surface area contributed by atoms with Gasteiger partial charge in [-0.1, -0.05) is 0 Å². The number of nitrogens with two attached hydrogens (primary N) is 1. The molecule has 0 atom stereocenters. The number of rotatable bonds is 4. The quantitative estimate of drug-likeness (QED) is 0.810. The summed E-state index contributed by atoms with van der Waals surface area (Å²) in [4.78, 5) is 6.38. The molecule has 0 saturated carbocycles. The molecule has 0 aliphatic heterocycles. The van der Waals surface area contributed by atoms with Gasteiger partial charge in [0.1, 0.15) is 12.2 Å². The first-order chi connectivity index (χ1) is 8.20. The highest BCUT2D eigenvalue weighted by molar-refractivity contribution is 5.52. The van der Waals surface area contributed by atoms with Crippen LogP contribution in [0.1, 0.15) is 12.7 Å². The van der Waals surface area contributed by atoms with Gasteiger partial charge in [0, 0.05) is 25.0 Å². The van der Waals surface area contributed by atoms with Gasteiger partial charge in [0.05, 0.1) is 6.54 Å². The number of aryl methyl sites for hydroxylation is 1. The summed E-state index contributed by atoms with van der Waals surface area (Å²) in [5, 5.41) is 4.15. The van der Waals surface area contributed by atoms with Crippen LogP contribution in [-0.2, 0) is 13.1 Å². The molecule has 2 aromatic rings. The van der Waals surface area contributed by atoms with E-state index in [-0.39, 0.29) is 0 Å². The predicted octanol–water partition coefficient (Wildman–Crippen LogP) is 1.52. The molecule has 5 nitrogen and oxygen atoms in total. The summed E-state index contributed by atoms with van der Waals surface area (Å²) in [6, 6.07) is 7.80. The zero-order valence-electron chi connectivity index (χ0n) is 10.2. The zero-order chi connectivity index (χ0) is 12.3. The molecule has 0 spiro atoms. The molecule has 1 aromatic carbocycles. The Morgan fingerprint density at radius 1 is 1.29 bits per heavy atom. The fourth-order valence-electron chi connectivity index (χ4n) is 1.71. The minimum atomic E-state index is 0.734. The lowest BCUT2D eigenvalue weighted by atomic mass is 10.2. The maximum absolute atomic E-state index is 5.66. The molecule has 5 heteroatoms. The summed E-state index contributed by atoms with van der Waals surface area (Å²) < 4.78 is 1.90. The average Bonchev–Trinajstić information content (AvgIpc) is 2.77. The third kappa shape index (κ3) is 2.55. The van der Waals surface area contributed by atoms with Crippen molar-refractivity contribution in [3.05, 3.63) is 36.4 Å². The van der Waals surface area contributed by atoms with Crippen LogP contribution in [0.5, 0.6) is 0 Å². The highest BCUT2D eigenvalue weighted by atomic mass is 15.3. The van der Waals surface area contributed by atoms with E-state index >= 15 is 0 Å². The van der Waals surface area contributed by atoms with Crippen LogP contribution in [0.25, 0.3) is 0 Å². The molecule has 0 unspecified atom stereocenters.